The van der Waals surface area contributed by atoms with Crippen molar-refractivity contribution in [2.75, 3.05) is 6.54 Å². The first-order valence-corrected chi connectivity index (χ1v) is 7.58. The molecule has 2 aromatic rings. The van der Waals surface area contributed by atoms with Crippen molar-refractivity contribution in [2.45, 2.75) is 25.8 Å². The van der Waals surface area contributed by atoms with Crippen LogP contribution >= 0.6 is 27.5 Å². The molecule has 1 unspecified atom stereocenters. The van der Waals surface area contributed by atoms with Crippen molar-refractivity contribution in [1.82, 2.24) is 5.32 Å². The van der Waals surface area contributed by atoms with E-state index in [9.17, 15) is 0 Å². The number of furan rings is 1. The Hall–Kier alpha value is -0.770. The Bertz CT molecular complexity index is 509. The summed E-state index contributed by atoms with van der Waals surface area (Å²) in [6, 6.07) is 10.5. The van der Waals surface area contributed by atoms with E-state index in [1.54, 1.807) is 6.26 Å². The molecule has 102 valence electrons. The molecule has 0 amide bonds. The van der Waals surface area contributed by atoms with Crippen molar-refractivity contribution in [1.29, 1.82) is 0 Å². The van der Waals surface area contributed by atoms with Crippen LogP contribution < -0.4 is 5.32 Å². The molecule has 0 saturated carbocycles. The van der Waals surface area contributed by atoms with Crippen molar-refractivity contribution < 1.29 is 4.42 Å². The highest BCUT2D eigenvalue weighted by atomic mass is 79.9. The highest BCUT2D eigenvalue weighted by molar-refractivity contribution is 9.10. The fourth-order valence-electron chi connectivity index (χ4n) is 2.02. The van der Waals surface area contributed by atoms with E-state index in [2.05, 4.69) is 52.4 Å². The van der Waals surface area contributed by atoms with Crippen molar-refractivity contribution in [3.8, 4) is 0 Å². The first kappa shape index (κ1) is 14.6. The molecule has 19 heavy (non-hydrogen) atoms. The largest absolute Gasteiger partial charge is 0.453 e. The van der Waals surface area contributed by atoms with Crippen LogP contribution in [0.2, 0.25) is 5.22 Å². The highest BCUT2D eigenvalue weighted by Gasteiger charge is 2.16. The van der Waals surface area contributed by atoms with Gasteiger partial charge in [-0.1, -0.05) is 35.0 Å². The predicted octanol–water partition coefficient (Wildman–Crippen LogP) is 4.98. The topological polar surface area (TPSA) is 25.2 Å². The molecule has 0 fully saturated rings. The first-order valence-electron chi connectivity index (χ1n) is 6.41. The molecule has 0 spiro atoms. The van der Waals surface area contributed by atoms with Crippen molar-refractivity contribution in [2.24, 2.45) is 0 Å². The summed E-state index contributed by atoms with van der Waals surface area (Å²) in [7, 11) is 0. The third-order valence-electron chi connectivity index (χ3n) is 3.02. The molecule has 0 saturated heterocycles. The molecule has 0 aliphatic carbocycles. The van der Waals surface area contributed by atoms with E-state index < -0.39 is 0 Å². The minimum atomic E-state index is 0.187. The lowest BCUT2D eigenvalue weighted by atomic mass is 10.0. The van der Waals surface area contributed by atoms with Crippen LogP contribution in [0, 0.1) is 0 Å². The zero-order valence-corrected chi connectivity index (χ0v) is 13.2. The van der Waals surface area contributed by atoms with Gasteiger partial charge in [0.05, 0.1) is 6.26 Å². The van der Waals surface area contributed by atoms with Crippen LogP contribution in [0.3, 0.4) is 0 Å². The van der Waals surface area contributed by atoms with Crippen LogP contribution in [0.15, 0.2) is 45.5 Å². The van der Waals surface area contributed by atoms with Crippen LogP contribution in [0.5, 0.6) is 0 Å². The monoisotopic (exact) mass is 341 g/mol. The second-order valence-corrected chi connectivity index (χ2v) is 5.75. The number of nitrogens with one attached hydrogen (secondary N) is 1. The maximum Gasteiger partial charge on any atom is 0.197 e. The molecule has 4 heteroatoms. The van der Waals surface area contributed by atoms with Crippen LogP contribution in [-0.2, 0) is 6.42 Å². The number of hydrogen-bond acceptors (Lipinski definition) is 2. The molecule has 0 aliphatic heterocycles. The third kappa shape index (κ3) is 4.10. The predicted molar refractivity (Wildman–Crippen MR) is 82.6 cm³/mol. The Morgan fingerprint density at radius 3 is 2.58 bits per heavy atom. The smallest absolute Gasteiger partial charge is 0.197 e. The summed E-state index contributed by atoms with van der Waals surface area (Å²) in [5, 5.41) is 4.00. The Morgan fingerprint density at radius 1 is 1.26 bits per heavy atom. The molecule has 1 aromatic carbocycles. The van der Waals surface area contributed by atoms with Crippen molar-refractivity contribution in [3.63, 3.8) is 0 Å². The van der Waals surface area contributed by atoms with Gasteiger partial charge in [0.1, 0.15) is 0 Å². The van der Waals surface area contributed by atoms with Gasteiger partial charge in [-0.2, -0.15) is 0 Å². The third-order valence-corrected chi connectivity index (χ3v) is 3.85. The van der Waals surface area contributed by atoms with Crippen LogP contribution in [-0.4, -0.2) is 6.54 Å². The van der Waals surface area contributed by atoms with E-state index in [0.717, 1.165) is 29.4 Å². The van der Waals surface area contributed by atoms with E-state index >= 15 is 0 Å². The number of benzene rings is 1. The SMILES string of the molecule is CCCNC(Cc1ccc(Br)cc1)c1ccoc1Cl. The average molecular weight is 343 g/mol. The number of hydrogen-bond donors (Lipinski definition) is 1. The Balaban J connectivity index is 2.14. The lowest BCUT2D eigenvalue weighted by Gasteiger charge is -2.17. The molecular formula is C15H17BrClNO. The summed E-state index contributed by atoms with van der Waals surface area (Å²) in [5.74, 6) is 0. The molecule has 2 rings (SSSR count). The zero-order valence-electron chi connectivity index (χ0n) is 10.8. The summed E-state index contributed by atoms with van der Waals surface area (Å²) in [4.78, 5) is 0. The van der Waals surface area contributed by atoms with E-state index in [0.29, 0.717) is 5.22 Å². The Kier molecular flexibility index (Phi) is 5.49. The van der Waals surface area contributed by atoms with Gasteiger partial charge in [-0.05, 0) is 54.7 Å². The summed E-state index contributed by atoms with van der Waals surface area (Å²) in [5.41, 5.74) is 2.30. The Labute approximate surface area is 127 Å². The van der Waals surface area contributed by atoms with E-state index in [-0.39, 0.29) is 6.04 Å². The van der Waals surface area contributed by atoms with Gasteiger partial charge in [-0.25, -0.2) is 0 Å². The van der Waals surface area contributed by atoms with Gasteiger partial charge in [0.2, 0.25) is 0 Å². The highest BCUT2D eigenvalue weighted by Crippen LogP contribution is 2.27. The molecule has 0 aliphatic rings. The fourth-order valence-corrected chi connectivity index (χ4v) is 2.53. The molecule has 2 nitrogen and oxygen atoms in total. The second-order valence-electron chi connectivity index (χ2n) is 4.49. The maximum absolute atomic E-state index is 6.09. The fraction of sp³-hybridized carbons (Fsp3) is 0.333. The van der Waals surface area contributed by atoms with Gasteiger partial charge in [0, 0.05) is 16.1 Å². The van der Waals surface area contributed by atoms with Gasteiger partial charge < -0.3 is 9.73 Å². The van der Waals surface area contributed by atoms with Gasteiger partial charge in [0.25, 0.3) is 0 Å². The molecular weight excluding hydrogens is 326 g/mol. The Morgan fingerprint density at radius 2 is 2.00 bits per heavy atom. The van der Waals surface area contributed by atoms with Gasteiger partial charge in [0.15, 0.2) is 5.22 Å². The number of rotatable bonds is 6. The molecule has 1 heterocycles. The lowest BCUT2D eigenvalue weighted by Crippen LogP contribution is -2.24. The summed E-state index contributed by atoms with van der Waals surface area (Å²) < 4.78 is 6.29. The van der Waals surface area contributed by atoms with Gasteiger partial charge >= 0.3 is 0 Å². The summed E-state index contributed by atoms with van der Waals surface area (Å²) in [6.45, 7) is 3.11. The molecule has 1 atom stereocenters. The molecule has 1 N–H and O–H groups in total. The van der Waals surface area contributed by atoms with E-state index in [4.69, 9.17) is 16.0 Å². The number of halogens is 2. The van der Waals surface area contributed by atoms with Gasteiger partial charge in [-0.15, -0.1) is 0 Å². The standard InChI is InChI=1S/C15H17BrClNO/c1-2-8-18-14(13-7-9-19-15(13)17)10-11-3-5-12(16)6-4-11/h3-7,9,14,18H,2,8,10H2,1H3. The zero-order chi connectivity index (χ0) is 13.7. The lowest BCUT2D eigenvalue weighted by molar-refractivity contribution is 0.513. The van der Waals surface area contributed by atoms with Gasteiger partial charge in [-0.3, -0.25) is 0 Å². The van der Waals surface area contributed by atoms with Crippen LogP contribution in [0.4, 0.5) is 0 Å². The minimum Gasteiger partial charge on any atom is -0.453 e. The van der Waals surface area contributed by atoms with Crippen LogP contribution in [0.1, 0.15) is 30.5 Å². The van der Waals surface area contributed by atoms with Crippen molar-refractivity contribution >= 4 is 27.5 Å². The average Bonchev–Trinajstić information content (AvgIpc) is 2.83. The molecule has 1 aromatic heterocycles. The van der Waals surface area contributed by atoms with Crippen molar-refractivity contribution in [3.05, 3.63) is 57.4 Å². The van der Waals surface area contributed by atoms with E-state index in [1.165, 1.54) is 5.56 Å². The summed E-state index contributed by atoms with van der Waals surface area (Å²) in [6.07, 6.45) is 3.62. The quantitative estimate of drug-likeness (QED) is 0.801. The van der Waals surface area contributed by atoms with E-state index in [1.807, 2.05) is 6.07 Å². The maximum atomic E-state index is 6.09. The normalized spacial score (nSPS) is 12.6. The second kappa shape index (κ2) is 7.13. The molecule has 0 radical (unpaired) electrons. The van der Waals surface area contributed by atoms with Crippen LogP contribution in [0.25, 0.3) is 0 Å². The first-order chi connectivity index (χ1) is 9.20. The molecule has 0 bridgehead atoms. The minimum absolute atomic E-state index is 0.187. The summed E-state index contributed by atoms with van der Waals surface area (Å²) >= 11 is 9.54.